The van der Waals surface area contributed by atoms with Gasteiger partial charge in [0.05, 0.1) is 11.1 Å². The van der Waals surface area contributed by atoms with Crippen LogP contribution in [0.3, 0.4) is 0 Å². The Morgan fingerprint density at radius 1 is 1.25 bits per heavy atom. The van der Waals surface area contributed by atoms with Crippen LogP contribution >= 0.6 is 0 Å². The van der Waals surface area contributed by atoms with Crippen LogP contribution in [0.15, 0.2) is 18.2 Å². The maximum atomic E-state index is 11.5. The number of hydrogen-bond acceptors (Lipinski definition) is 2. The third-order valence-electron chi connectivity index (χ3n) is 4.17. The summed E-state index contributed by atoms with van der Waals surface area (Å²) in [6, 6.07) is 5.53. The Morgan fingerprint density at radius 2 is 2.05 bits per heavy atom. The van der Waals surface area contributed by atoms with Crippen molar-refractivity contribution in [3.8, 4) is 0 Å². The molecule has 0 unspecified atom stereocenters. The van der Waals surface area contributed by atoms with Crippen LogP contribution in [0, 0.1) is 0 Å². The Bertz CT molecular complexity index is 657. The number of para-hydroxylation sites is 1. The number of fused-ring (bicyclic) bond motifs is 3. The number of aliphatic hydroxyl groups excluding tert-OH is 1. The number of aromatic nitrogens is 1. The Labute approximate surface area is 117 Å². The molecule has 0 atom stereocenters. The van der Waals surface area contributed by atoms with E-state index in [4.69, 9.17) is 5.11 Å². The van der Waals surface area contributed by atoms with E-state index in [1.54, 1.807) is 6.07 Å². The molecule has 0 fully saturated rings. The van der Waals surface area contributed by atoms with Crippen molar-refractivity contribution in [3.63, 3.8) is 0 Å². The van der Waals surface area contributed by atoms with Crippen molar-refractivity contribution < 1.29 is 15.0 Å². The Morgan fingerprint density at radius 3 is 2.80 bits per heavy atom. The van der Waals surface area contributed by atoms with Gasteiger partial charge in [-0.15, -0.1) is 0 Å². The summed E-state index contributed by atoms with van der Waals surface area (Å²) in [6.07, 6.45) is 5.02. The predicted molar refractivity (Wildman–Crippen MR) is 77.2 cm³/mol. The van der Waals surface area contributed by atoms with Crippen molar-refractivity contribution in [1.82, 2.24) is 4.57 Å². The van der Waals surface area contributed by atoms with E-state index in [0.29, 0.717) is 18.5 Å². The lowest BCUT2D eigenvalue weighted by Gasteiger charge is -2.15. The van der Waals surface area contributed by atoms with Gasteiger partial charge in [0.2, 0.25) is 0 Å². The van der Waals surface area contributed by atoms with E-state index in [0.717, 1.165) is 30.2 Å². The molecule has 106 valence electrons. The Kier molecular flexibility index (Phi) is 3.49. The first-order chi connectivity index (χ1) is 9.74. The van der Waals surface area contributed by atoms with Crippen LogP contribution < -0.4 is 0 Å². The molecule has 1 aliphatic rings. The molecule has 0 spiro atoms. The molecule has 0 amide bonds. The van der Waals surface area contributed by atoms with E-state index < -0.39 is 5.97 Å². The van der Waals surface area contributed by atoms with Crippen LogP contribution in [0.5, 0.6) is 0 Å². The quantitative estimate of drug-likeness (QED) is 0.900. The van der Waals surface area contributed by atoms with Gasteiger partial charge in [-0.2, -0.15) is 0 Å². The SMILES string of the molecule is O=C(O)c1cccc2c3c(n(CCCO)c12)CCCC3. The van der Waals surface area contributed by atoms with Gasteiger partial charge in [-0.3, -0.25) is 0 Å². The molecule has 4 heteroatoms. The third-order valence-corrected chi connectivity index (χ3v) is 4.17. The molecule has 1 heterocycles. The largest absolute Gasteiger partial charge is 0.478 e. The average Bonchev–Trinajstić information content (AvgIpc) is 2.79. The minimum atomic E-state index is -0.879. The second-order valence-corrected chi connectivity index (χ2v) is 5.37. The van der Waals surface area contributed by atoms with Crippen LogP contribution in [-0.2, 0) is 19.4 Å². The summed E-state index contributed by atoms with van der Waals surface area (Å²) in [5.41, 5.74) is 3.79. The topological polar surface area (TPSA) is 62.5 Å². The summed E-state index contributed by atoms with van der Waals surface area (Å²) in [5, 5.41) is 19.6. The maximum absolute atomic E-state index is 11.5. The van der Waals surface area contributed by atoms with E-state index in [1.165, 1.54) is 17.7 Å². The van der Waals surface area contributed by atoms with Crippen LogP contribution in [0.25, 0.3) is 10.9 Å². The van der Waals surface area contributed by atoms with Crippen LogP contribution in [-0.4, -0.2) is 27.4 Å². The van der Waals surface area contributed by atoms with E-state index in [9.17, 15) is 9.90 Å². The van der Waals surface area contributed by atoms with Crippen molar-refractivity contribution in [2.24, 2.45) is 0 Å². The van der Waals surface area contributed by atoms with Gasteiger partial charge in [-0.25, -0.2) is 4.79 Å². The fourth-order valence-corrected chi connectivity index (χ4v) is 3.34. The summed E-state index contributed by atoms with van der Waals surface area (Å²) in [7, 11) is 0. The normalized spacial score (nSPS) is 14.4. The van der Waals surface area contributed by atoms with Gasteiger partial charge in [0.25, 0.3) is 0 Å². The van der Waals surface area contributed by atoms with Crippen molar-refractivity contribution in [2.45, 2.75) is 38.6 Å². The summed E-state index contributed by atoms with van der Waals surface area (Å²) in [6.45, 7) is 0.816. The number of aliphatic hydroxyl groups is 1. The zero-order chi connectivity index (χ0) is 14.1. The van der Waals surface area contributed by atoms with Crippen LogP contribution in [0.4, 0.5) is 0 Å². The number of aryl methyl sites for hydroxylation is 2. The number of benzene rings is 1. The highest BCUT2D eigenvalue weighted by atomic mass is 16.4. The summed E-state index contributed by atoms with van der Waals surface area (Å²) in [5.74, 6) is -0.879. The molecule has 20 heavy (non-hydrogen) atoms. The number of rotatable bonds is 4. The molecule has 2 N–H and O–H groups in total. The van der Waals surface area contributed by atoms with Gasteiger partial charge in [-0.05, 0) is 43.7 Å². The Balaban J connectivity index is 2.28. The Hall–Kier alpha value is -1.81. The van der Waals surface area contributed by atoms with E-state index in [1.807, 2.05) is 12.1 Å². The fourth-order valence-electron chi connectivity index (χ4n) is 3.34. The van der Waals surface area contributed by atoms with Gasteiger partial charge >= 0.3 is 5.97 Å². The molecule has 0 bridgehead atoms. The van der Waals surface area contributed by atoms with E-state index in [2.05, 4.69) is 4.57 Å². The number of hydrogen-bond donors (Lipinski definition) is 2. The first-order valence-corrected chi connectivity index (χ1v) is 7.21. The van der Waals surface area contributed by atoms with E-state index >= 15 is 0 Å². The molecule has 4 nitrogen and oxygen atoms in total. The van der Waals surface area contributed by atoms with Crippen LogP contribution in [0.1, 0.15) is 40.9 Å². The first kappa shape index (κ1) is 13.2. The maximum Gasteiger partial charge on any atom is 0.337 e. The molecule has 1 aromatic heterocycles. The van der Waals surface area contributed by atoms with Crippen molar-refractivity contribution in [2.75, 3.05) is 6.61 Å². The predicted octanol–water partition coefficient (Wildman–Crippen LogP) is 2.60. The third kappa shape index (κ3) is 2.00. The molecule has 2 aromatic rings. The number of carboxylic acid groups (broad SMARTS) is 1. The number of nitrogens with zero attached hydrogens (tertiary/aromatic N) is 1. The molecule has 0 radical (unpaired) electrons. The zero-order valence-corrected chi connectivity index (χ0v) is 11.4. The fraction of sp³-hybridized carbons (Fsp3) is 0.438. The highest BCUT2D eigenvalue weighted by Crippen LogP contribution is 2.34. The smallest absolute Gasteiger partial charge is 0.337 e. The molecule has 3 rings (SSSR count). The number of carboxylic acids is 1. The number of aromatic carboxylic acids is 1. The molecular formula is C16H19NO3. The zero-order valence-electron chi connectivity index (χ0n) is 11.4. The van der Waals surface area contributed by atoms with Gasteiger partial charge in [0.15, 0.2) is 0 Å². The van der Waals surface area contributed by atoms with Crippen molar-refractivity contribution >= 4 is 16.9 Å². The summed E-state index contributed by atoms with van der Waals surface area (Å²) in [4.78, 5) is 11.5. The average molecular weight is 273 g/mol. The second kappa shape index (κ2) is 5.29. The van der Waals surface area contributed by atoms with Crippen molar-refractivity contribution in [1.29, 1.82) is 0 Å². The first-order valence-electron chi connectivity index (χ1n) is 7.21. The minimum absolute atomic E-state index is 0.129. The lowest BCUT2D eigenvalue weighted by molar-refractivity contribution is 0.0698. The number of carbonyl (C=O) groups is 1. The molecule has 0 saturated carbocycles. The monoisotopic (exact) mass is 273 g/mol. The van der Waals surface area contributed by atoms with Gasteiger partial charge < -0.3 is 14.8 Å². The molecular weight excluding hydrogens is 254 g/mol. The summed E-state index contributed by atoms with van der Waals surface area (Å²) >= 11 is 0. The lowest BCUT2D eigenvalue weighted by atomic mass is 9.95. The van der Waals surface area contributed by atoms with Gasteiger partial charge in [0, 0.05) is 24.2 Å². The van der Waals surface area contributed by atoms with Crippen molar-refractivity contribution in [3.05, 3.63) is 35.0 Å². The molecule has 1 aliphatic carbocycles. The van der Waals surface area contributed by atoms with E-state index in [-0.39, 0.29) is 6.61 Å². The highest BCUT2D eigenvalue weighted by Gasteiger charge is 2.23. The molecule has 0 saturated heterocycles. The lowest BCUT2D eigenvalue weighted by Crippen LogP contribution is -2.10. The van der Waals surface area contributed by atoms with Gasteiger partial charge in [0.1, 0.15) is 0 Å². The minimum Gasteiger partial charge on any atom is -0.478 e. The highest BCUT2D eigenvalue weighted by molar-refractivity contribution is 6.04. The summed E-state index contributed by atoms with van der Waals surface area (Å²) < 4.78 is 2.13. The standard InChI is InChI=1S/C16H19NO3/c18-10-4-9-17-14-8-2-1-5-11(14)12-6-3-7-13(15(12)17)16(19)20/h3,6-7,18H,1-2,4-5,8-10H2,(H,19,20). The van der Waals surface area contributed by atoms with Gasteiger partial charge in [-0.1, -0.05) is 12.1 Å². The molecule has 0 aliphatic heterocycles. The second-order valence-electron chi connectivity index (χ2n) is 5.37. The molecule has 1 aromatic carbocycles. The van der Waals surface area contributed by atoms with Crippen LogP contribution in [0.2, 0.25) is 0 Å².